The van der Waals surface area contributed by atoms with Crippen molar-refractivity contribution < 1.29 is 17.6 Å². The topological polar surface area (TPSA) is 95.2 Å². The van der Waals surface area contributed by atoms with Crippen LogP contribution in [0.1, 0.15) is 12.8 Å². The third-order valence-corrected chi connectivity index (χ3v) is 7.87. The summed E-state index contributed by atoms with van der Waals surface area (Å²) in [5.74, 6) is -0.490. The SMILES string of the molecule is O=C(Nc1ccc(F)cc1)[C@@H]1CCCN(S(=O)(=O)c2ccc3nc(-c4ccccc4)[nH]c3c2)C1. The van der Waals surface area contributed by atoms with Crippen molar-refractivity contribution in [2.45, 2.75) is 17.7 Å². The van der Waals surface area contributed by atoms with Gasteiger partial charge in [0.05, 0.1) is 21.8 Å². The fourth-order valence-electron chi connectivity index (χ4n) is 4.18. The van der Waals surface area contributed by atoms with Crippen LogP contribution in [-0.2, 0) is 14.8 Å². The first-order valence-corrected chi connectivity index (χ1v) is 12.5. The highest BCUT2D eigenvalue weighted by Gasteiger charge is 2.33. The molecule has 1 amide bonds. The number of carbonyl (C=O) groups excluding carboxylic acids is 1. The lowest BCUT2D eigenvalue weighted by molar-refractivity contribution is -0.120. The molecule has 0 saturated carbocycles. The van der Waals surface area contributed by atoms with Crippen LogP contribution in [0.4, 0.5) is 10.1 Å². The second-order valence-electron chi connectivity index (χ2n) is 8.33. The van der Waals surface area contributed by atoms with E-state index < -0.39 is 21.8 Å². The smallest absolute Gasteiger partial charge is 0.243 e. The molecular weight excluding hydrogens is 455 g/mol. The minimum Gasteiger partial charge on any atom is -0.338 e. The molecule has 1 aromatic heterocycles. The Morgan fingerprint density at radius 1 is 1.06 bits per heavy atom. The van der Waals surface area contributed by atoms with Crippen molar-refractivity contribution in [1.29, 1.82) is 0 Å². The molecule has 174 valence electrons. The highest BCUT2D eigenvalue weighted by molar-refractivity contribution is 7.89. The van der Waals surface area contributed by atoms with Crippen molar-refractivity contribution in [2.75, 3.05) is 18.4 Å². The summed E-state index contributed by atoms with van der Waals surface area (Å²) in [5.41, 5.74) is 2.69. The zero-order valence-corrected chi connectivity index (χ0v) is 19.1. The number of H-pyrrole nitrogens is 1. The van der Waals surface area contributed by atoms with Crippen LogP contribution in [0.15, 0.2) is 77.7 Å². The van der Waals surface area contributed by atoms with Crippen LogP contribution in [0.3, 0.4) is 0 Å². The number of nitrogens with zero attached hydrogens (tertiary/aromatic N) is 2. The number of fused-ring (bicyclic) bond motifs is 1. The molecule has 0 radical (unpaired) electrons. The first kappa shape index (κ1) is 22.2. The molecular formula is C25H23FN4O3S. The van der Waals surface area contributed by atoms with Gasteiger partial charge < -0.3 is 10.3 Å². The van der Waals surface area contributed by atoms with E-state index in [1.165, 1.54) is 28.6 Å². The van der Waals surface area contributed by atoms with Crippen LogP contribution in [-0.4, -0.2) is 41.7 Å². The maximum atomic E-state index is 13.4. The van der Waals surface area contributed by atoms with Crippen molar-refractivity contribution in [1.82, 2.24) is 14.3 Å². The molecule has 1 aliphatic heterocycles. The molecule has 0 aliphatic carbocycles. The summed E-state index contributed by atoms with van der Waals surface area (Å²) in [6.07, 6.45) is 1.16. The molecule has 5 rings (SSSR count). The van der Waals surface area contributed by atoms with Gasteiger partial charge >= 0.3 is 0 Å². The Bertz CT molecular complexity index is 1440. The first-order chi connectivity index (χ1) is 16.4. The van der Waals surface area contributed by atoms with Crippen molar-refractivity contribution in [2.24, 2.45) is 5.92 Å². The van der Waals surface area contributed by atoms with Crippen LogP contribution >= 0.6 is 0 Å². The van der Waals surface area contributed by atoms with Crippen molar-refractivity contribution in [3.8, 4) is 11.4 Å². The number of rotatable bonds is 5. The Labute approximate surface area is 196 Å². The lowest BCUT2D eigenvalue weighted by atomic mass is 9.99. The summed E-state index contributed by atoms with van der Waals surface area (Å²) >= 11 is 0. The minimum atomic E-state index is -3.80. The summed E-state index contributed by atoms with van der Waals surface area (Å²) in [7, 11) is -3.80. The van der Waals surface area contributed by atoms with Gasteiger partial charge in [-0.05, 0) is 55.3 Å². The Morgan fingerprint density at radius 3 is 2.59 bits per heavy atom. The van der Waals surface area contributed by atoms with E-state index in [1.807, 2.05) is 30.3 Å². The summed E-state index contributed by atoms with van der Waals surface area (Å²) < 4.78 is 41.3. The van der Waals surface area contributed by atoms with Crippen molar-refractivity contribution in [3.63, 3.8) is 0 Å². The van der Waals surface area contributed by atoms with E-state index in [-0.39, 0.29) is 17.3 Å². The van der Waals surface area contributed by atoms with E-state index in [1.54, 1.807) is 18.2 Å². The normalized spacial score (nSPS) is 17.0. The second-order valence-corrected chi connectivity index (χ2v) is 10.3. The molecule has 2 N–H and O–H groups in total. The predicted octanol–water partition coefficient (Wildman–Crippen LogP) is 4.41. The van der Waals surface area contributed by atoms with Gasteiger partial charge in [-0.1, -0.05) is 30.3 Å². The molecule has 0 unspecified atom stereocenters. The Balaban J connectivity index is 1.35. The Kier molecular flexibility index (Phi) is 5.89. The van der Waals surface area contributed by atoms with Crippen molar-refractivity contribution >= 4 is 32.7 Å². The highest BCUT2D eigenvalue weighted by Crippen LogP contribution is 2.28. The molecule has 0 spiro atoms. The average molecular weight is 479 g/mol. The number of benzene rings is 3. The number of aromatic amines is 1. The maximum Gasteiger partial charge on any atom is 0.243 e. The van der Waals surface area contributed by atoms with Crippen LogP contribution < -0.4 is 5.32 Å². The number of imidazole rings is 1. The van der Waals surface area contributed by atoms with Crippen molar-refractivity contribution in [3.05, 3.63) is 78.6 Å². The molecule has 34 heavy (non-hydrogen) atoms. The zero-order chi connectivity index (χ0) is 23.7. The highest BCUT2D eigenvalue weighted by atomic mass is 32.2. The third kappa shape index (κ3) is 4.44. The zero-order valence-electron chi connectivity index (χ0n) is 18.2. The number of aromatic nitrogens is 2. The van der Waals surface area contributed by atoms with Crippen LogP contribution in [0.2, 0.25) is 0 Å². The number of amides is 1. The number of halogens is 1. The van der Waals surface area contributed by atoms with Gasteiger partial charge in [0.15, 0.2) is 0 Å². The largest absolute Gasteiger partial charge is 0.338 e. The minimum absolute atomic E-state index is 0.0889. The summed E-state index contributed by atoms with van der Waals surface area (Å²) in [6.45, 7) is 0.435. The Morgan fingerprint density at radius 2 is 1.82 bits per heavy atom. The van der Waals surface area contributed by atoms with E-state index >= 15 is 0 Å². The second kappa shape index (κ2) is 9.00. The molecule has 7 nitrogen and oxygen atoms in total. The summed E-state index contributed by atoms with van der Waals surface area (Å²) in [6, 6.07) is 19.9. The molecule has 1 fully saturated rings. The number of piperidine rings is 1. The number of carbonyl (C=O) groups is 1. The summed E-state index contributed by atoms with van der Waals surface area (Å²) in [4.78, 5) is 20.6. The van der Waals surface area contributed by atoms with Crippen LogP contribution in [0, 0.1) is 11.7 Å². The molecule has 3 aromatic carbocycles. The lowest BCUT2D eigenvalue weighted by Crippen LogP contribution is -2.43. The van der Waals surface area contributed by atoms with Crippen LogP contribution in [0.5, 0.6) is 0 Å². The third-order valence-electron chi connectivity index (χ3n) is 6.01. The van der Waals surface area contributed by atoms with Crippen LogP contribution in [0.25, 0.3) is 22.4 Å². The molecule has 0 bridgehead atoms. The molecule has 1 atom stereocenters. The molecule has 4 aromatic rings. The predicted molar refractivity (Wildman–Crippen MR) is 128 cm³/mol. The molecule has 2 heterocycles. The van der Waals surface area contributed by atoms with Gasteiger partial charge in [-0.15, -0.1) is 0 Å². The fraction of sp³-hybridized carbons (Fsp3) is 0.200. The molecule has 9 heteroatoms. The van der Waals surface area contributed by atoms with Gasteiger partial charge in [-0.2, -0.15) is 4.31 Å². The molecule has 1 saturated heterocycles. The lowest BCUT2D eigenvalue weighted by Gasteiger charge is -2.31. The number of sulfonamides is 1. The van der Waals surface area contributed by atoms with Gasteiger partial charge in [0.1, 0.15) is 11.6 Å². The maximum absolute atomic E-state index is 13.4. The van der Waals surface area contributed by atoms with E-state index in [4.69, 9.17) is 0 Å². The quantitative estimate of drug-likeness (QED) is 0.444. The standard InChI is InChI=1S/C25H23FN4O3S/c26-19-8-10-20(11-9-19)27-25(31)18-7-4-14-30(16-18)34(32,33)21-12-13-22-23(15-21)29-24(28-22)17-5-2-1-3-6-17/h1-3,5-6,8-13,15,18H,4,7,14,16H2,(H,27,31)(H,28,29)/t18-/m1/s1. The number of hydrogen-bond donors (Lipinski definition) is 2. The first-order valence-electron chi connectivity index (χ1n) is 11.0. The Hall–Kier alpha value is -3.56. The monoisotopic (exact) mass is 478 g/mol. The average Bonchev–Trinajstić information content (AvgIpc) is 3.30. The van der Waals surface area contributed by atoms with E-state index in [2.05, 4.69) is 15.3 Å². The van der Waals surface area contributed by atoms with Gasteiger partial charge in [0.2, 0.25) is 15.9 Å². The van der Waals surface area contributed by atoms with Gasteiger partial charge in [0.25, 0.3) is 0 Å². The van der Waals surface area contributed by atoms with Gasteiger partial charge in [-0.25, -0.2) is 17.8 Å². The van der Waals surface area contributed by atoms with Gasteiger partial charge in [-0.3, -0.25) is 4.79 Å². The van der Waals surface area contributed by atoms with Gasteiger partial charge in [0, 0.05) is 24.3 Å². The number of anilines is 1. The summed E-state index contributed by atoms with van der Waals surface area (Å²) in [5, 5.41) is 2.75. The fourth-order valence-corrected chi connectivity index (χ4v) is 5.73. The van der Waals surface area contributed by atoms with E-state index in [0.29, 0.717) is 41.9 Å². The molecule has 1 aliphatic rings. The van der Waals surface area contributed by atoms with E-state index in [0.717, 1.165) is 5.56 Å². The number of hydrogen-bond acceptors (Lipinski definition) is 4. The number of nitrogens with one attached hydrogen (secondary N) is 2. The van der Waals surface area contributed by atoms with E-state index in [9.17, 15) is 17.6 Å².